The second-order valence-corrected chi connectivity index (χ2v) is 9.95. The van der Waals surface area contributed by atoms with Crippen LogP contribution in [-0.4, -0.2) is 45.0 Å². The van der Waals surface area contributed by atoms with Crippen LogP contribution in [0.25, 0.3) is 0 Å². The molecule has 0 saturated carbocycles. The molecule has 1 N–H and O–H groups in total. The van der Waals surface area contributed by atoms with Crippen LogP contribution in [0.1, 0.15) is 42.4 Å². The predicted molar refractivity (Wildman–Crippen MR) is 122 cm³/mol. The number of rotatable bonds is 8. The maximum Gasteiger partial charge on any atom is 0.241 e. The van der Waals surface area contributed by atoms with Crippen LogP contribution >= 0.6 is 0 Å². The second-order valence-electron chi connectivity index (χ2n) is 8.26. The summed E-state index contributed by atoms with van der Waals surface area (Å²) in [6.07, 6.45) is 2.34. The van der Waals surface area contributed by atoms with E-state index in [0.717, 1.165) is 22.4 Å². The van der Waals surface area contributed by atoms with Crippen LogP contribution in [-0.2, 0) is 14.8 Å². The van der Waals surface area contributed by atoms with E-state index in [-0.39, 0.29) is 11.9 Å². The summed E-state index contributed by atoms with van der Waals surface area (Å²) in [4.78, 5) is 14.7. The van der Waals surface area contributed by atoms with Crippen molar-refractivity contribution in [2.45, 2.75) is 57.4 Å². The third kappa shape index (κ3) is 6.31. The van der Waals surface area contributed by atoms with E-state index in [1.807, 2.05) is 55.1 Å². The molecule has 2 aromatic rings. The van der Waals surface area contributed by atoms with Gasteiger partial charge in [-0.15, -0.1) is 0 Å². The molecule has 0 unspecified atom stereocenters. The number of ether oxygens (including phenoxy) is 1. The molecular formula is C24H32N2O4S. The highest BCUT2D eigenvalue weighted by atomic mass is 32.2. The number of piperidine rings is 1. The summed E-state index contributed by atoms with van der Waals surface area (Å²) in [5.41, 5.74) is 2.73. The van der Waals surface area contributed by atoms with Crippen molar-refractivity contribution in [2.75, 3.05) is 19.7 Å². The molecular weight excluding hydrogens is 412 g/mol. The lowest BCUT2D eigenvalue weighted by Crippen LogP contribution is -2.46. The van der Waals surface area contributed by atoms with Crippen LogP contribution in [0.2, 0.25) is 0 Å². The Balaban J connectivity index is 1.43. The standard InChI is InChI=1S/C24H32N2O4S/c1-18-10-11-20(3)23(17-18)31(28,29)25-21-12-14-26(15-13-21)24(27)9-6-16-30-22-8-5-4-7-19(22)2/h4-5,7-8,10-11,17,21,25H,6,9,12-16H2,1-3H3. The Bertz CT molecular complexity index is 1010. The number of nitrogens with one attached hydrogen (secondary N) is 1. The quantitative estimate of drug-likeness (QED) is 0.630. The third-order valence-corrected chi connectivity index (χ3v) is 7.35. The molecule has 6 nitrogen and oxygen atoms in total. The first kappa shape index (κ1) is 23.3. The molecule has 7 heteroatoms. The molecule has 1 fully saturated rings. The number of hydrogen-bond donors (Lipinski definition) is 1. The number of hydrogen-bond acceptors (Lipinski definition) is 4. The molecule has 1 saturated heterocycles. The summed E-state index contributed by atoms with van der Waals surface area (Å²) in [5, 5.41) is 0. The van der Waals surface area contributed by atoms with Gasteiger partial charge in [0.1, 0.15) is 5.75 Å². The molecule has 0 radical (unpaired) electrons. The predicted octanol–water partition coefficient (Wildman–Crippen LogP) is 3.74. The fourth-order valence-corrected chi connectivity index (χ4v) is 5.44. The molecule has 1 aliphatic rings. The molecule has 3 rings (SSSR count). The van der Waals surface area contributed by atoms with Crippen molar-refractivity contribution >= 4 is 15.9 Å². The number of benzene rings is 2. The fraction of sp³-hybridized carbons (Fsp3) is 0.458. The van der Waals surface area contributed by atoms with E-state index in [4.69, 9.17) is 4.74 Å². The van der Waals surface area contributed by atoms with Crippen LogP contribution < -0.4 is 9.46 Å². The van der Waals surface area contributed by atoms with Crippen molar-refractivity contribution in [1.82, 2.24) is 9.62 Å². The van der Waals surface area contributed by atoms with Gasteiger partial charge in [-0.05, 0) is 68.9 Å². The lowest BCUT2D eigenvalue weighted by atomic mass is 10.1. The summed E-state index contributed by atoms with van der Waals surface area (Å²) in [6.45, 7) is 7.32. The van der Waals surface area contributed by atoms with Crippen LogP contribution in [0.5, 0.6) is 5.75 Å². The molecule has 31 heavy (non-hydrogen) atoms. The Morgan fingerprint density at radius 3 is 2.48 bits per heavy atom. The molecule has 168 valence electrons. The average molecular weight is 445 g/mol. The maximum absolute atomic E-state index is 12.8. The zero-order valence-electron chi connectivity index (χ0n) is 18.6. The molecule has 0 bridgehead atoms. The number of aryl methyl sites for hydroxylation is 3. The van der Waals surface area contributed by atoms with Gasteiger partial charge < -0.3 is 9.64 Å². The van der Waals surface area contributed by atoms with Crippen LogP contribution in [0.4, 0.5) is 0 Å². The average Bonchev–Trinajstić information content (AvgIpc) is 2.74. The van der Waals surface area contributed by atoms with Gasteiger partial charge in [-0.2, -0.15) is 0 Å². The minimum Gasteiger partial charge on any atom is -0.493 e. The van der Waals surface area contributed by atoms with Gasteiger partial charge in [0.25, 0.3) is 0 Å². The van der Waals surface area contributed by atoms with Gasteiger partial charge in [0.05, 0.1) is 11.5 Å². The number of carbonyl (C=O) groups excluding carboxylic acids is 1. The summed E-state index contributed by atoms with van der Waals surface area (Å²) in [5.74, 6) is 0.955. The van der Waals surface area contributed by atoms with E-state index in [1.54, 1.807) is 13.0 Å². The highest BCUT2D eigenvalue weighted by Crippen LogP contribution is 2.20. The van der Waals surface area contributed by atoms with Crippen molar-refractivity contribution in [3.8, 4) is 5.75 Å². The van der Waals surface area contributed by atoms with Crippen LogP contribution in [0.15, 0.2) is 47.4 Å². The van der Waals surface area contributed by atoms with Gasteiger partial charge in [0.15, 0.2) is 0 Å². The summed E-state index contributed by atoms with van der Waals surface area (Å²) in [7, 11) is -3.57. The Kier molecular flexibility index (Phi) is 7.73. The van der Waals surface area contributed by atoms with Gasteiger partial charge in [-0.3, -0.25) is 4.79 Å². The van der Waals surface area contributed by atoms with Gasteiger partial charge in [0, 0.05) is 25.6 Å². The minimum atomic E-state index is -3.57. The smallest absolute Gasteiger partial charge is 0.241 e. The van der Waals surface area contributed by atoms with E-state index in [2.05, 4.69) is 4.72 Å². The van der Waals surface area contributed by atoms with E-state index in [9.17, 15) is 13.2 Å². The van der Waals surface area contributed by atoms with E-state index in [1.165, 1.54) is 0 Å². The minimum absolute atomic E-state index is 0.101. The molecule has 0 aromatic heterocycles. The second kappa shape index (κ2) is 10.3. The van der Waals surface area contributed by atoms with Gasteiger partial charge in [0.2, 0.25) is 15.9 Å². The highest BCUT2D eigenvalue weighted by molar-refractivity contribution is 7.89. The summed E-state index contributed by atoms with van der Waals surface area (Å²) < 4.78 is 34.2. The normalized spacial score (nSPS) is 15.1. The molecule has 0 atom stereocenters. The zero-order chi connectivity index (χ0) is 22.4. The SMILES string of the molecule is Cc1ccc(C)c(S(=O)(=O)NC2CCN(C(=O)CCCOc3ccccc3C)CC2)c1. The van der Waals surface area contributed by atoms with Crippen molar-refractivity contribution < 1.29 is 17.9 Å². The Hall–Kier alpha value is -2.38. The zero-order valence-corrected chi connectivity index (χ0v) is 19.4. The van der Waals surface area contributed by atoms with E-state index >= 15 is 0 Å². The number of carbonyl (C=O) groups is 1. The number of nitrogens with zero attached hydrogens (tertiary/aromatic N) is 1. The Morgan fingerprint density at radius 1 is 1.06 bits per heavy atom. The fourth-order valence-electron chi connectivity index (χ4n) is 3.81. The molecule has 0 aliphatic carbocycles. The van der Waals surface area contributed by atoms with Gasteiger partial charge >= 0.3 is 0 Å². The monoisotopic (exact) mass is 444 g/mol. The topological polar surface area (TPSA) is 75.7 Å². The van der Waals surface area contributed by atoms with Crippen LogP contribution in [0.3, 0.4) is 0 Å². The van der Waals surface area contributed by atoms with Crippen molar-refractivity contribution in [3.63, 3.8) is 0 Å². The van der Waals surface area contributed by atoms with Crippen LogP contribution in [0, 0.1) is 20.8 Å². The van der Waals surface area contributed by atoms with Crippen molar-refractivity contribution in [2.24, 2.45) is 0 Å². The molecule has 1 heterocycles. The lowest BCUT2D eigenvalue weighted by Gasteiger charge is -2.32. The first-order valence-corrected chi connectivity index (χ1v) is 12.3. The first-order valence-electron chi connectivity index (χ1n) is 10.8. The largest absolute Gasteiger partial charge is 0.493 e. The number of sulfonamides is 1. The summed E-state index contributed by atoms with van der Waals surface area (Å²) in [6, 6.07) is 13.1. The van der Waals surface area contributed by atoms with Gasteiger partial charge in [-0.1, -0.05) is 30.3 Å². The van der Waals surface area contributed by atoms with Crippen molar-refractivity contribution in [3.05, 3.63) is 59.2 Å². The van der Waals surface area contributed by atoms with Crippen molar-refractivity contribution in [1.29, 1.82) is 0 Å². The molecule has 1 amide bonds. The number of para-hydroxylation sites is 1. The molecule has 0 spiro atoms. The molecule has 2 aromatic carbocycles. The summed E-state index contributed by atoms with van der Waals surface area (Å²) >= 11 is 0. The molecule has 1 aliphatic heterocycles. The Labute approximate surface area is 185 Å². The third-order valence-electron chi connectivity index (χ3n) is 5.69. The number of likely N-dealkylation sites (tertiary alicyclic amines) is 1. The van der Waals surface area contributed by atoms with E-state index in [0.29, 0.717) is 50.3 Å². The first-order chi connectivity index (χ1) is 14.8. The lowest BCUT2D eigenvalue weighted by molar-refractivity contribution is -0.132. The maximum atomic E-state index is 12.8. The number of amides is 1. The Morgan fingerprint density at radius 2 is 1.77 bits per heavy atom. The van der Waals surface area contributed by atoms with Gasteiger partial charge in [-0.25, -0.2) is 13.1 Å². The highest BCUT2D eigenvalue weighted by Gasteiger charge is 2.27. The van der Waals surface area contributed by atoms with E-state index < -0.39 is 10.0 Å².